The molecule has 1 unspecified atom stereocenters. The highest BCUT2D eigenvalue weighted by atomic mass is 16.6. The molecule has 21 heavy (non-hydrogen) atoms. The fraction of sp³-hybridized carbons (Fsp3) is 0.385. The number of nitro groups is 1. The van der Waals surface area contributed by atoms with Crippen molar-refractivity contribution >= 4 is 23.2 Å². The fourth-order valence-electron chi connectivity index (χ4n) is 2.17. The SMILES string of the molecule is CNc1ccc([N+](=O)[O-])cc1C(=O)NC1CCC(=O)NC1. The predicted octanol–water partition coefficient (Wildman–Crippen LogP) is 0.645. The van der Waals surface area contributed by atoms with Crippen LogP contribution in [-0.4, -0.2) is 36.4 Å². The number of amides is 2. The van der Waals surface area contributed by atoms with E-state index < -0.39 is 10.8 Å². The van der Waals surface area contributed by atoms with Crippen LogP contribution in [0.5, 0.6) is 0 Å². The lowest BCUT2D eigenvalue weighted by molar-refractivity contribution is -0.384. The van der Waals surface area contributed by atoms with Gasteiger partial charge in [-0.2, -0.15) is 0 Å². The number of rotatable bonds is 4. The van der Waals surface area contributed by atoms with Crippen LogP contribution in [0.25, 0.3) is 0 Å². The van der Waals surface area contributed by atoms with Crippen LogP contribution in [-0.2, 0) is 4.79 Å². The largest absolute Gasteiger partial charge is 0.387 e. The number of carbonyl (C=O) groups is 2. The Labute approximate surface area is 121 Å². The number of benzene rings is 1. The quantitative estimate of drug-likeness (QED) is 0.557. The first-order chi connectivity index (χ1) is 10.0. The van der Waals surface area contributed by atoms with Gasteiger partial charge in [-0.15, -0.1) is 0 Å². The van der Waals surface area contributed by atoms with E-state index in [0.29, 0.717) is 25.1 Å². The summed E-state index contributed by atoms with van der Waals surface area (Å²) >= 11 is 0. The molecular formula is C13H16N4O4. The lowest BCUT2D eigenvalue weighted by Crippen LogP contribution is -2.47. The zero-order chi connectivity index (χ0) is 15.4. The number of hydrogen-bond donors (Lipinski definition) is 3. The van der Waals surface area contributed by atoms with E-state index in [1.807, 2.05) is 0 Å². The molecule has 1 aromatic rings. The van der Waals surface area contributed by atoms with E-state index in [0.717, 1.165) is 0 Å². The number of nitrogens with zero attached hydrogens (tertiary/aromatic N) is 1. The van der Waals surface area contributed by atoms with E-state index in [1.54, 1.807) is 7.05 Å². The molecule has 1 aliphatic rings. The van der Waals surface area contributed by atoms with Crippen molar-refractivity contribution in [3.8, 4) is 0 Å². The van der Waals surface area contributed by atoms with Gasteiger partial charge in [0.1, 0.15) is 0 Å². The van der Waals surface area contributed by atoms with Crippen molar-refractivity contribution in [3.63, 3.8) is 0 Å². The molecule has 0 radical (unpaired) electrons. The maximum Gasteiger partial charge on any atom is 0.270 e. The topological polar surface area (TPSA) is 113 Å². The summed E-state index contributed by atoms with van der Waals surface area (Å²) in [6.07, 6.45) is 0.917. The Morgan fingerprint density at radius 1 is 1.48 bits per heavy atom. The molecule has 8 heteroatoms. The fourth-order valence-corrected chi connectivity index (χ4v) is 2.17. The van der Waals surface area contributed by atoms with Crippen LogP contribution < -0.4 is 16.0 Å². The molecule has 1 aromatic carbocycles. The minimum Gasteiger partial charge on any atom is -0.387 e. The summed E-state index contributed by atoms with van der Waals surface area (Å²) < 4.78 is 0. The van der Waals surface area contributed by atoms with Crippen LogP contribution in [0.4, 0.5) is 11.4 Å². The Morgan fingerprint density at radius 2 is 2.24 bits per heavy atom. The van der Waals surface area contributed by atoms with Crippen molar-refractivity contribution in [2.24, 2.45) is 0 Å². The summed E-state index contributed by atoms with van der Waals surface area (Å²) in [6, 6.07) is 3.90. The minimum absolute atomic E-state index is 0.0354. The Hall–Kier alpha value is -2.64. The maximum absolute atomic E-state index is 12.3. The first-order valence-corrected chi connectivity index (χ1v) is 6.55. The van der Waals surface area contributed by atoms with Gasteiger partial charge in [-0.25, -0.2) is 0 Å². The lowest BCUT2D eigenvalue weighted by atomic mass is 10.1. The highest BCUT2D eigenvalue weighted by Gasteiger charge is 2.22. The van der Waals surface area contributed by atoms with Gasteiger partial charge >= 0.3 is 0 Å². The normalized spacial score (nSPS) is 17.8. The van der Waals surface area contributed by atoms with Crippen molar-refractivity contribution in [1.82, 2.24) is 10.6 Å². The first-order valence-electron chi connectivity index (χ1n) is 6.55. The number of nitro benzene ring substituents is 1. The standard InChI is InChI=1S/C13H16N4O4/c1-14-11-4-3-9(17(20)21)6-10(11)13(19)16-8-2-5-12(18)15-7-8/h3-4,6,8,14H,2,5,7H2,1H3,(H,15,18)(H,16,19). The molecule has 1 saturated heterocycles. The second-order valence-corrected chi connectivity index (χ2v) is 4.75. The highest BCUT2D eigenvalue weighted by molar-refractivity contribution is 6.00. The number of anilines is 1. The molecule has 0 saturated carbocycles. The minimum atomic E-state index is -0.545. The van der Waals surface area contributed by atoms with Crippen LogP contribution >= 0.6 is 0 Å². The van der Waals surface area contributed by atoms with E-state index in [9.17, 15) is 19.7 Å². The summed E-state index contributed by atoms with van der Waals surface area (Å²) in [7, 11) is 1.64. The molecule has 2 amide bonds. The van der Waals surface area contributed by atoms with E-state index in [1.165, 1.54) is 18.2 Å². The average molecular weight is 292 g/mol. The molecule has 112 valence electrons. The van der Waals surface area contributed by atoms with Crippen LogP contribution in [0.1, 0.15) is 23.2 Å². The summed E-state index contributed by atoms with van der Waals surface area (Å²) in [4.78, 5) is 33.6. The van der Waals surface area contributed by atoms with Crippen LogP contribution in [0.3, 0.4) is 0 Å². The van der Waals surface area contributed by atoms with E-state index in [4.69, 9.17) is 0 Å². The Morgan fingerprint density at radius 3 is 2.81 bits per heavy atom. The molecule has 2 rings (SSSR count). The van der Waals surface area contributed by atoms with Gasteiger partial charge < -0.3 is 16.0 Å². The Balaban J connectivity index is 2.15. The number of carbonyl (C=O) groups excluding carboxylic acids is 2. The summed E-state index contributed by atoms with van der Waals surface area (Å²) in [5, 5.41) is 19.1. The van der Waals surface area contributed by atoms with Crippen molar-refractivity contribution in [2.45, 2.75) is 18.9 Å². The van der Waals surface area contributed by atoms with Crippen LogP contribution in [0.15, 0.2) is 18.2 Å². The number of hydrogen-bond acceptors (Lipinski definition) is 5. The molecule has 0 aliphatic carbocycles. The first kappa shape index (κ1) is 14.8. The van der Waals surface area contributed by atoms with E-state index in [2.05, 4.69) is 16.0 Å². The van der Waals surface area contributed by atoms with Crippen molar-refractivity contribution in [3.05, 3.63) is 33.9 Å². The maximum atomic E-state index is 12.3. The lowest BCUT2D eigenvalue weighted by Gasteiger charge is -2.23. The molecule has 8 nitrogen and oxygen atoms in total. The van der Waals surface area contributed by atoms with Gasteiger partial charge in [-0.05, 0) is 12.5 Å². The number of nitrogens with one attached hydrogen (secondary N) is 3. The third-order valence-corrected chi connectivity index (χ3v) is 3.33. The van der Waals surface area contributed by atoms with Gasteiger partial charge in [-0.3, -0.25) is 19.7 Å². The monoisotopic (exact) mass is 292 g/mol. The zero-order valence-corrected chi connectivity index (χ0v) is 11.5. The zero-order valence-electron chi connectivity index (χ0n) is 11.5. The Kier molecular flexibility index (Phi) is 4.36. The summed E-state index contributed by atoms with van der Waals surface area (Å²) in [5.41, 5.74) is 0.581. The van der Waals surface area contributed by atoms with Crippen LogP contribution in [0, 0.1) is 10.1 Å². The molecule has 0 bridgehead atoms. The molecule has 1 aliphatic heterocycles. The van der Waals surface area contributed by atoms with Crippen molar-refractivity contribution in [1.29, 1.82) is 0 Å². The van der Waals surface area contributed by atoms with Crippen molar-refractivity contribution in [2.75, 3.05) is 18.9 Å². The number of non-ortho nitro benzene ring substituents is 1. The molecule has 1 fully saturated rings. The molecular weight excluding hydrogens is 276 g/mol. The van der Waals surface area contributed by atoms with Gasteiger partial charge in [0.05, 0.1) is 10.5 Å². The van der Waals surface area contributed by atoms with E-state index in [-0.39, 0.29) is 23.2 Å². The predicted molar refractivity (Wildman–Crippen MR) is 76.1 cm³/mol. The summed E-state index contributed by atoms with van der Waals surface area (Å²) in [5.74, 6) is -0.434. The Bertz CT molecular complexity index is 578. The second kappa shape index (κ2) is 6.21. The van der Waals surface area contributed by atoms with Gasteiger partial charge in [0.25, 0.3) is 11.6 Å². The molecule has 0 aromatic heterocycles. The van der Waals surface area contributed by atoms with Crippen LogP contribution in [0.2, 0.25) is 0 Å². The average Bonchev–Trinajstić information content (AvgIpc) is 2.48. The second-order valence-electron chi connectivity index (χ2n) is 4.75. The molecule has 0 spiro atoms. The molecule has 3 N–H and O–H groups in total. The number of piperidine rings is 1. The third-order valence-electron chi connectivity index (χ3n) is 3.33. The highest BCUT2D eigenvalue weighted by Crippen LogP contribution is 2.22. The smallest absolute Gasteiger partial charge is 0.270 e. The van der Waals surface area contributed by atoms with Crippen molar-refractivity contribution < 1.29 is 14.5 Å². The van der Waals surface area contributed by atoms with Gasteiger partial charge in [0.2, 0.25) is 5.91 Å². The summed E-state index contributed by atoms with van der Waals surface area (Å²) in [6.45, 7) is 0.369. The van der Waals surface area contributed by atoms with Gasteiger partial charge in [0.15, 0.2) is 0 Å². The van der Waals surface area contributed by atoms with Gasteiger partial charge in [0, 0.05) is 43.9 Å². The third kappa shape index (κ3) is 3.47. The molecule has 1 heterocycles. The molecule has 1 atom stereocenters. The van der Waals surface area contributed by atoms with Gasteiger partial charge in [-0.1, -0.05) is 0 Å². The van der Waals surface area contributed by atoms with E-state index >= 15 is 0 Å².